The van der Waals surface area contributed by atoms with Crippen LogP contribution in [0.3, 0.4) is 0 Å². The van der Waals surface area contributed by atoms with Crippen molar-refractivity contribution in [1.82, 2.24) is 19.2 Å². The fourth-order valence-corrected chi connectivity index (χ4v) is 3.23. The van der Waals surface area contributed by atoms with E-state index in [4.69, 9.17) is 11.6 Å². The van der Waals surface area contributed by atoms with Crippen molar-refractivity contribution in [3.05, 3.63) is 51.2 Å². The molecule has 6 heteroatoms. The van der Waals surface area contributed by atoms with Crippen LogP contribution in [0.15, 0.2) is 29.1 Å². The fraction of sp³-hybridized carbons (Fsp3) is 0.450. The van der Waals surface area contributed by atoms with E-state index in [-0.39, 0.29) is 16.3 Å². The molecule has 1 aromatic carbocycles. The maximum absolute atomic E-state index is 13.3. The summed E-state index contributed by atoms with van der Waals surface area (Å²) < 4.78 is 3.08. The number of hydrogen-bond acceptors (Lipinski definition) is 3. The first-order valence-corrected chi connectivity index (χ1v) is 9.08. The number of fused-ring (bicyclic) bond motifs is 1. The Morgan fingerprint density at radius 1 is 1.08 bits per heavy atom. The summed E-state index contributed by atoms with van der Waals surface area (Å²) in [5.74, 6) is 0. The Labute approximate surface area is 158 Å². The molecule has 26 heavy (non-hydrogen) atoms. The molecular formula is C20H25ClN4O. The molecule has 2 aromatic heterocycles. The predicted molar refractivity (Wildman–Crippen MR) is 106 cm³/mol. The van der Waals surface area contributed by atoms with E-state index < -0.39 is 5.54 Å². The van der Waals surface area contributed by atoms with Crippen LogP contribution < -0.4 is 5.69 Å². The number of rotatable bonds is 1. The average Bonchev–Trinajstić information content (AvgIpc) is 2.85. The summed E-state index contributed by atoms with van der Waals surface area (Å²) in [7, 11) is 0. The third-order valence-electron chi connectivity index (χ3n) is 4.26. The fourth-order valence-electron chi connectivity index (χ4n) is 3.03. The zero-order valence-electron chi connectivity index (χ0n) is 16.4. The van der Waals surface area contributed by atoms with Gasteiger partial charge in [0.1, 0.15) is 0 Å². The lowest BCUT2D eigenvalue weighted by Crippen LogP contribution is -2.35. The Balaban J connectivity index is 2.56. The quantitative estimate of drug-likeness (QED) is 0.628. The molecule has 0 aliphatic rings. The molecule has 0 spiro atoms. The molecular weight excluding hydrogens is 348 g/mol. The summed E-state index contributed by atoms with van der Waals surface area (Å²) in [4.78, 5) is 17.9. The zero-order valence-corrected chi connectivity index (χ0v) is 17.1. The SMILES string of the molecule is Cc1cccc(-c2c(C(C)(C)C)nc(Cl)c3nn(C(C)(C)C)c(=O)n23)c1. The third-order valence-corrected chi connectivity index (χ3v) is 4.51. The Morgan fingerprint density at radius 3 is 2.27 bits per heavy atom. The summed E-state index contributed by atoms with van der Waals surface area (Å²) in [6.45, 7) is 14.1. The molecule has 3 aromatic rings. The number of benzene rings is 1. The van der Waals surface area contributed by atoms with Gasteiger partial charge in [0.2, 0.25) is 0 Å². The highest BCUT2D eigenvalue weighted by Crippen LogP contribution is 2.34. The molecule has 0 amide bonds. The molecule has 0 aliphatic heterocycles. The van der Waals surface area contributed by atoms with Crippen molar-refractivity contribution in [3.63, 3.8) is 0 Å². The molecule has 5 nitrogen and oxygen atoms in total. The van der Waals surface area contributed by atoms with Crippen molar-refractivity contribution in [2.24, 2.45) is 0 Å². The second kappa shape index (κ2) is 5.95. The summed E-state index contributed by atoms with van der Waals surface area (Å²) >= 11 is 6.45. The van der Waals surface area contributed by atoms with Gasteiger partial charge in [-0.25, -0.2) is 18.9 Å². The smallest absolute Gasteiger partial charge is 0.246 e. The maximum atomic E-state index is 13.3. The second-order valence-electron chi connectivity index (χ2n) is 8.74. The van der Waals surface area contributed by atoms with E-state index >= 15 is 0 Å². The third kappa shape index (κ3) is 3.05. The lowest BCUT2D eigenvalue weighted by molar-refractivity contribution is 0.344. The minimum atomic E-state index is -0.460. The summed E-state index contributed by atoms with van der Waals surface area (Å²) in [6.07, 6.45) is 0. The molecule has 138 valence electrons. The van der Waals surface area contributed by atoms with Gasteiger partial charge in [0.15, 0.2) is 10.8 Å². The van der Waals surface area contributed by atoms with Gasteiger partial charge in [-0.2, -0.15) is 0 Å². The summed E-state index contributed by atoms with van der Waals surface area (Å²) in [6, 6.07) is 8.06. The van der Waals surface area contributed by atoms with Crippen molar-refractivity contribution >= 4 is 17.2 Å². The molecule has 0 saturated carbocycles. The van der Waals surface area contributed by atoms with Crippen molar-refractivity contribution in [2.75, 3.05) is 0 Å². The van der Waals surface area contributed by atoms with Crippen LogP contribution in [0.4, 0.5) is 0 Å². The Hall–Kier alpha value is -2.14. The van der Waals surface area contributed by atoms with Crippen LogP contribution in [0, 0.1) is 6.92 Å². The van der Waals surface area contributed by atoms with Crippen LogP contribution in [0.1, 0.15) is 52.8 Å². The van der Waals surface area contributed by atoms with Gasteiger partial charge in [0, 0.05) is 11.0 Å². The molecule has 0 unspecified atom stereocenters. The molecule has 0 bridgehead atoms. The van der Waals surface area contributed by atoms with Crippen LogP contribution in [0.2, 0.25) is 5.15 Å². The largest absolute Gasteiger partial charge is 0.351 e. The van der Waals surface area contributed by atoms with Gasteiger partial charge in [-0.1, -0.05) is 56.1 Å². The molecule has 0 aliphatic carbocycles. The number of aryl methyl sites for hydroxylation is 1. The first-order valence-electron chi connectivity index (χ1n) is 8.70. The standard InChI is InChI=1S/C20H25ClN4O/c1-12-9-8-10-13(11-12)14-15(19(2,3)4)22-16(21)17-23-25(20(5,6)7)18(26)24(14)17/h8-11H,1-7H3. The predicted octanol–water partition coefficient (Wildman–Crippen LogP) is 4.57. The van der Waals surface area contributed by atoms with Gasteiger partial charge < -0.3 is 0 Å². The van der Waals surface area contributed by atoms with Crippen molar-refractivity contribution < 1.29 is 0 Å². The van der Waals surface area contributed by atoms with Crippen molar-refractivity contribution in [3.8, 4) is 11.3 Å². The minimum absolute atomic E-state index is 0.209. The van der Waals surface area contributed by atoms with E-state index in [9.17, 15) is 4.79 Å². The first-order chi connectivity index (χ1) is 11.9. The highest BCUT2D eigenvalue weighted by molar-refractivity contribution is 6.32. The van der Waals surface area contributed by atoms with Gasteiger partial charge in [0.05, 0.1) is 16.9 Å². The number of halogens is 1. The van der Waals surface area contributed by atoms with Gasteiger partial charge >= 0.3 is 5.69 Å². The van der Waals surface area contributed by atoms with Crippen LogP contribution in [0.25, 0.3) is 16.9 Å². The lowest BCUT2D eigenvalue weighted by atomic mass is 9.88. The van der Waals surface area contributed by atoms with Crippen LogP contribution in [0.5, 0.6) is 0 Å². The molecule has 0 radical (unpaired) electrons. The highest BCUT2D eigenvalue weighted by atomic mass is 35.5. The Morgan fingerprint density at radius 2 is 1.73 bits per heavy atom. The topological polar surface area (TPSA) is 52.2 Å². The van der Waals surface area contributed by atoms with Gasteiger partial charge in [0.25, 0.3) is 0 Å². The Bertz CT molecular complexity index is 1050. The van der Waals surface area contributed by atoms with Gasteiger partial charge in [-0.05, 0) is 33.8 Å². The number of hydrogen-bond donors (Lipinski definition) is 0. The van der Waals surface area contributed by atoms with E-state index in [1.807, 2.05) is 45.9 Å². The molecule has 0 saturated heterocycles. The highest BCUT2D eigenvalue weighted by Gasteiger charge is 2.29. The summed E-state index contributed by atoms with van der Waals surface area (Å²) in [5.41, 5.74) is 2.99. The molecule has 0 fully saturated rings. The van der Waals surface area contributed by atoms with E-state index in [1.54, 1.807) is 4.40 Å². The number of nitrogens with zero attached hydrogens (tertiary/aromatic N) is 4. The van der Waals surface area contributed by atoms with E-state index in [0.29, 0.717) is 5.65 Å². The minimum Gasteiger partial charge on any atom is -0.246 e. The average molecular weight is 373 g/mol. The van der Waals surface area contributed by atoms with Crippen LogP contribution in [-0.2, 0) is 11.0 Å². The van der Waals surface area contributed by atoms with E-state index in [1.165, 1.54) is 4.68 Å². The second-order valence-corrected chi connectivity index (χ2v) is 9.10. The van der Waals surface area contributed by atoms with E-state index in [2.05, 4.69) is 36.9 Å². The van der Waals surface area contributed by atoms with Gasteiger partial charge in [-0.3, -0.25) is 0 Å². The van der Waals surface area contributed by atoms with Crippen molar-refractivity contribution in [2.45, 2.75) is 59.4 Å². The lowest BCUT2D eigenvalue weighted by Gasteiger charge is -2.22. The first kappa shape index (κ1) is 18.6. The molecule has 0 N–H and O–H groups in total. The van der Waals surface area contributed by atoms with Gasteiger partial charge in [-0.15, -0.1) is 5.10 Å². The molecule has 3 rings (SSSR count). The monoisotopic (exact) mass is 372 g/mol. The Kier molecular flexibility index (Phi) is 4.26. The van der Waals surface area contributed by atoms with Crippen molar-refractivity contribution in [1.29, 1.82) is 0 Å². The summed E-state index contributed by atoms with van der Waals surface area (Å²) in [5, 5.41) is 4.73. The normalized spacial score (nSPS) is 12.8. The molecule has 0 atom stereocenters. The number of aromatic nitrogens is 4. The maximum Gasteiger partial charge on any atom is 0.351 e. The van der Waals surface area contributed by atoms with Crippen LogP contribution >= 0.6 is 11.6 Å². The van der Waals surface area contributed by atoms with Crippen LogP contribution in [-0.4, -0.2) is 19.2 Å². The molecule has 2 heterocycles. The zero-order chi connectivity index (χ0) is 19.4. The van der Waals surface area contributed by atoms with E-state index in [0.717, 1.165) is 22.5 Å².